The number of aryl methyl sites for hydroxylation is 2. The molecular formula is C24H22O2. The molecule has 0 bridgehead atoms. The van der Waals surface area contributed by atoms with E-state index in [1.165, 1.54) is 43.8 Å². The third-order valence-corrected chi connectivity index (χ3v) is 4.90. The molecule has 4 aromatic rings. The first-order valence-electron chi connectivity index (χ1n) is 8.76. The maximum Gasteiger partial charge on any atom is 0.119 e. The Morgan fingerprint density at radius 1 is 0.538 bits per heavy atom. The molecule has 0 amide bonds. The highest BCUT2D eigenvalue weighted by atomic mass is 16.5. The van der Waals surface area contributed by atoms with E-state index in [-0.39, 0.29) is 0 Å². The lowest BCUT2D eigenvalue weighted by Gasteiger charge is -2.14. The van der Waals surface area contributed by atoms with Gasteiger partial charge in [0.25, 0.3) is 0 Å². The van der Waals surface area contributed by atoms with Gasteiger partial charge in [-0.3, -0.25) is 0 Å². The van der Waals surface area contributed by atoms with Gasteiger partial charge in [0.2, 0.25) is 0 Å². The van der Waals surface area contributed by atoms with Crippen molar-refractivity contribution in [3.63, 3.8) is 0 Å². The van der Waals surface area contributed by atoms with Crippen molar-refractivity contribution in [1.82, 2.24) is 0 Å². The van der Waals surface area contributed by atoms with Crippen molar-refractivity contribution in [3.8, 4) is 22.6 Å². The van der Waals surface area contributed by atoms with Crippen LogP contribution >= 0.6 is 0 Å². The van der Waals surface area contributed by atoms with E-state index in [0.29, 0.717) is 0 Å². The third-order valence-electron chi connectivity index (χ3n) is 4.90. The molecule has 2 heteroatoms. The summed E-state index contributed by atoms with van der Waals surface area (Å²) >= 11 is 0. The van der Waals surface area contributed by atoms with Crippen LogP contribution in [-0.2, 0) is 0 Å². The molecule has 26 heavy (non-hydrogen) atoms. The second-order valence-corrected chi connectivity index (χ2v) is 6.80. The van der Waals surface area contributed by atoms with Crippen molar-refractivity contribution in [2.75, 3.05) is 14.2 Å². The first-order chi connectivity index (χ1) is 12.6. The molecule has 2 nitrogen and oxygen atoms in total. The SMILES string of the molecule is COc1ccc2cc(C)cc(-c3cc(C)cc4ccc(OC)cc34)c2c1. The van der Waals surface area contributed by atoms with E-state index in [1.54, 1.807) is 14.2 Å². The number of fused-ring (bicyclic) bond motifs is 2. The van der Waals surface area contributed by atoms with Crippen molar-refractivity contribution in [1.29, 1.82) is 0 Å². The van der Waals surface area contributed by atoms with Crippen LogP contribution in [0.1, 0.15) is 11.1 Å². The zero-order chi connectivity index (χ0) is 18.3. The zero-order valence-electron chi connectivity index (χ0n) is 15.6. The molecule has 4 aromatic carbocycles. The monoisotopic (exact) mass is 342 g/mol. The van der Waals surface area contributed by atoms with Gasteiger partial charge in [-0.25, -0.2) is 0 Å². The summed E-state index contributed by atoms with van der Waals surface area (Å²) in [6.45, 7) is 4.29. The first kappa shape index (κ1) is 16.5. The van der Waals surface area contributed by atoms with Crippen molar-refractivity contribution >= 4 is 21.5 Å². The van der Waals surface area contributed by atoms with E-state index in [1.807, 2.05) is 12.1 Å². The standard InChI is InChI=1S/C24H22O2/c1-15-9-17-5-7-19(25-3)13-21(17)23(11-15)24-12-16(2)10-18-6-8-20(26-4)14-22(18)24/h5-14H,1-4H3. The van der Waals surface area contributed by atoms with Crippen molar-refractivity contribution < 1.29 is 9.47 Å². The largest absolute Gasteiger partial charge is 0.497 e. The molecule has 0 N–H and O–H groups in total. The van der Waals surface area contributed by atoms with E-state index in [4.69, 9.17) is 9.47 Å². The van der Waals surface area contributed by atoms with Crippen LogP contribution in [0.3, 0.4) is 0 Å². The summed E-state index contributed by atoms with van der Waals surface area (Å²) in [5.74, 6) is 1.74. The Balaban J connectivity index is 2.12. The molecule has 0 aliphatic heterocycles. The van der Waals surface area contributed by atoms with Gasteiger partial charge in [-0.2, -0.15) is 0 Å². The number of hydrogen-bond donors (Lipinski definition) is 0. The minimum absolute atomic E-state index is 0.872. The van der Waals surface area contributed by atoms with E-state index >= 15 is 0 Å². The molecule has 0 spiro atoms. The van der Waals surface area contributed by atoms with E-state index in [2.05, 4.69) is 62.4 Å². The summed E-state index contributed by atoms with van der Waals surface area (Å²) < 4.78 is 10.9. The molecular weight excluding hydrogens is 320 g/mol. The highest BCUT2D eigenvalue weighted by molar-refractivity contribution is 6.06. The average Bonchev–Trinajstić information content (AvgIpc) is 2.66. The van der Waals surface area contributed by atoms with Crippen LogP contribution in [0.2, 0.25) is 0 Å². The maximum atomic E-state index is 5.47. The molecule has 0 unspecified atom stereocenters. The molecule has 4 rings (SSSR count). The topological polar surface area (TPSA) is 18.5 Å². The molecule has 0 saturated carbocycles. The maximum absolute atomic E-state index is 5.47. The molecule has 0 aliphatic rings. The summed E-state index contributed by atoms with van der Waals surface area (Å²) in [7, 11) is 3.42. The van der Waals surface area contributed by atoms with Crippen molar-refractivity contribution in [2.45, 2.75) is 13.8 Å². The minimum atomic E-state index is 0.872. The second kappa shape index (κ2) is 6.38. The number of ether oxygens (including phenoxy) is 2. The Hall–Kier alpha value is -3.00. The lowest BCUT2D eigenvalue weighted by molar-refractivity contribution is 0.415. The normalized spacial score (nSPS) is 11.1. The predicted octanol–water partition coefficient (Wildman–Crippen LogP) is 6.29. The lowest BCUT2D eigenvalue weighted by Crippen LogP contribution is -1.90. The molecule has 130 valence electrons. The van der Waals surface area contributed by atoms with Gasteiger partial charge in [0, 0.05) is 0 Å². The number of hydrogen-bond acceptors (Lipinski definition) is 2. The fraction of sp³-hybridized carbons (Fsp3) is 0.167. The summed E-state index contributed by atoms with van der Waals surface area (Å²) in [5.41, 5.74) is 4.94. The Kier molecular flexibility index (Phi) is 4.04. The molecule has 0 atom stereocenters. The zero-order valence-corrected chi connectivity index (χ0v) is 15.6. The van der Waals surface area contributed by atoms with Gasteiger partial charge < -0.3 is 9.47 Å². The number of benzene rings is 4. The van der Waals surface area contributed by atoms with Crippen LogP contribution in [0.25, 0.3) is 32.7 Å². The number of rotatable bonds is 3. The fourth-order valence-electron chi connectivity index (χ4n) is 3.67. The highest BCUT2D eigenvalue weighted by Crippen LogP contribution is 2.38. The molecule has 0 radical (unpaired) electrons. The highest BCUT2D eigenvalue weighted by Gasteiger charge is 2.12. The van der Waals surface area contributed by atoms with Crippen molar-refractivity contribution in [3.05, 3.63) is 71.8 Å². The number of methoxy groups -OCH3 is 2. The van der Waals surface area contributed by atoms with Gasteiger partial charge in [0.05, 0.1) is 14.2 Å². The molecule has 0 aromatic heterocycles. The van der Waals surface area contributed by atoms with Gasteiger partial charge in [0.1, 0.15) is 11.5 Å². The predicted molar refractivity (Wildman–Crippen MR) is 109 cm³/mol. The summed E-state index contributed by atoms with van der Waals surface area (Å²) in [4.78, 5) is 0. The van der Waals surface area contributed by atoms with Gasteiger partial charge >= 0.3 is 0 Å². The second-order valence-electron chi connectivity index (χ2n) is 6.80. The van der Waals surface area contributed by atoms with Crippen LogP contribution in [0, 0.1) is 13.8 Å². The molecule has 0 fully saturated rings. The summed E-state index contributed by atoms with van der Waals surface area (Å²) in [5, 5.41) is 4.84. The van der Waals surface area contributed by atoms with E-state index in [9.17, 15) is 0 Å². The van der Waals surface area contributed by atoms with E-state index < -0.39 is 0 Å². The van der Waals surface area contributed by atoms with E-state index in [0.717, 1.165) is 11.5 Å². The quantitative estimate of drug-likeness (QED) is 0.435. The van der Waals surface area contributed by atoms with Gasteiger partial charge in [0.15, 0.2) is 0 Å². The van der Waals surface area contributed by atoms with Crippen LogP contribution in [-0.4, -0.2) is 14.2 Å². The lowest BCUT2D eigenvalue weighted by atomic mass is 9.91. The van der Waals surface area contributed by atoms with Crippen molar-refractivity contribution in [2.24, 2.45) is 0 Å². The summed E-state index contributed by atoms with van der Waals surface area (Å²) in [6, 6.07) is 21.5. The Morgan fingerprint density at radius 2 is 0.962 bits per heavy atom. The van der Waals surface area contributed by atoms with Crippen LogP contribution in [0.15, 0.2) is 60.7 Å². The fourth-order valence-corrected chi connectivity index (χ4v) is 3.67. The molecule has 0 saturated heterocycles. The van der Waals surface area contributed by atoms with Crippen LogP contribution in [0.5, 0.6) is 11.5 Å². The third kappa shape index (κ3) is 2.78. The molecule has 0 heterocycles. The summed E-state index contributed by atoms with van der Waals surface area (Å²) in [6.07, 6.45) is 0. The van der Waals surface area contributed by atoms with Crippen LogP contribution in [0.4, 0.5) is 0 Å². The Bertz CT molecular complexity index is 1030. The Labute approximate surface area is 154 Å². The van der Waals surface area contributed by atoms with Gasteiger partial charge in [-0.1, -0.05) is 36.4 Å². The van der Waals surface area contributed by atoms with Gasteiger partial charge in [-0.15, -0.1) is 0 Å². The Morgan fingerprint density at radius 3 is 1.35 bits per heavy atom. The first-order valence-corrected chi connectivity index (χ1v) is 8.76. The minimum Gasteiger partial charge on any atom is -0.497 e. The average molecular weight is 342 g/mol. The smallest absolute Gasteiger partial charge is 0.119 e. The molecule has 0 aliphatic carbocycles. The van der Waals surface area contributed by atoms with Crippen LogP contribution < -0.4 is 9.47 Å². The van der Waals surface area contributed by atoms with Gasteiger partial charge in [-0.05, 0) is 81.9 Å².